The number of fused-ring (bicyclic) bond motifs is 1. The number of aromatic nitrogens is 1. The van der Waals surface area contributed by atoms with E-state index in [1.165, 1.54) is 37.0 Å². The van der Waals surface area contributed by atoms with E-state index in [4.69, 9.17) is 15.2 Å². The predicted octanol–water partition coefficient (Wildman–Crippen LogP) is 4.74. The van der Waals surface area contributed by atoms with Gasteiger partial charge >= 0.3 is 0 Å². The number of hydrogen-bond acceptors (Lipinski definition) is 7. The normalized spacial score (nSPS) is 21.7. The Kier molecular flexibility index (Phi) is 5.94. The van der Waals surface area contributed by atoms with Crippen LogP contribution in [0.25, 0.3) is 0 Å². The summed E-state index contributed by atoms with van der Waals surface area (Å²) in [7, 11) is 0. The molecule has 3 N–H and O–H groups in total. The number of nitrogen functional groups attached to an aromatic ring is 1. The van der Waals surface area contributed by atoms with E-state index in [9.17, 15) is 4.79 Å². The summed E-state index contributed by atoms with van der Waals surface area (Å²) in [4.78, 5) is 17.9. The van der Waals surface area contributed by atoms with E-state index in [1.807, 2.05) is 0 Å². The molecule has 0 amide bonds. The van der Waals surface area contributed by atoms with Crippen molar-refractivity contribution in [3.8, 4) is 11.5 Å². The van der Waals surface area contributed by atoms with Crippen LogP contribution in [-0.4, -0.2) is 30.0 Å². The molecule has 156 valence electrons. The van der Waals surface area contributed by atoms with Gasteiger partial charge in [-0.3, -0.25) is 4.79 Å². The Morgan fingerprint density at radius 1 is 1.31 bits per heavy atom. The van der Waals surface area contributed by atoms with Crippen LogP contribution in [0.15, 0.2) is 18.2 Å². The van der Waals surface area contributed by atoms with E-state index in [2.05, 4.69) is 24.1 Å². The topological polar surface area (TPSA) is 86.5 Å². The average molecular weight is 416 g/mol. The van der Waals surface area contributed by atoms with Crippen LogP contribution in [0.1, 0.15) is 61.2 Å². The van der Waals surface area contributed by atoms with Gasteiger partial charge in [0.25, 0.3) is 0 Å². The highest BCUT2D eigenvalue weighted by atomic mass is 32.1. The van der Waals surface area contributed by atoms with Crippen molar-refractivity contribution < 1.29 is 14.3 Å². The van der Waals surface area contributed by atoms with Crippen LogP contribution >= 0.6 is 11.3 Å². The van der Waals surface area contributed by atoms with Crippen molar-refractivity contribution >= 4 is 28.1 Å². The fourth-order valence-electron chi connectivity index (χ4n) is 4.22. The first-order chi connectivity index (χ1) is 14.0. The third kappa shape index (κ3) is 4.34. The number of thiazole rings is 1. The van der Waals surface area contributed by atoms with Crippen molar-refractivity contribution in [1.29, 1.82) is 0 Å². The summed E-state index contributed by atoms with van der Waals surface area (Å²) in [5.41, 5.74) is 6.65. The molecular weight excluding hydrogens is 386 g/mol. The lowest BCUT2D eigenvalue weighted by Crippen LogP contribution is -2.25. The van der Waals surface area contributed by atoms with Crippen LogP contribution in [0.2, 0.25) is 0 Å². The van der Waals surface area contributed by atoms with Gasteiger partial charge in [-0.25, -0.2) is 4.98 Å². The molecule has 2 aliphatic rings. The Morgan fingerprint density at radius 3 is 2.90 bits per heavy atom. The second kappa shape index (κ2) is 8.61. The molecular formula is C22H29N3O3S. The Balaban J connectivity index is 1.48. The van der Waals surface area contributed by atoms with Gasteiger partial charge in [0.1, 0.15) is 23.9 Å². The number of carbonyl (C=O) groups is 1. The van der Waals surface area contributed by atoms with E-state index >= 15 is 0 Å². The zero-order chi connectivity index (χ0) is 20.4. The molecule has 1 aromatic carbocycles. The molecule has 1 aromatic heterocycles. The summed E-state index contributed by atoms with van der Waals surface area (Å²) in [5.74, 6) is 2.81. The lowest BCUT2D eigenvalue weighted by Gasteiger charge is -2.23. The first kappa shape index (κ1) is 20.0. The third-order valence-electron chi connectivity index (χ3n) is 6.03. The van der Waals surface area contributed by atoms with E-state index in [0.29, 0.717) is 47.1 Å². The Bertz CT molecular complexity index is 882. The molecule has 1 saturated carbocycles. The zero-order valence-electron chi connectivity index (χ0n) is 17.1. The van der Waals surface area contributed by atoms with Crippen molar-refractivity contribution in [1.82, 2.24) is 4.98 Å². The summed E-state index contributed by atoms with van der Waals surface area (Å²) in [6, 6.07) is 5.66. The number of nitrogens with one attached hydrogen (secondary N) is 1. The van der Waals surface area contributed by atoms with Crippen molar-refractivity contribution in [3.05, 3.63) is 28.6 Å². The standard InChI is InChI=1S/C22H29N3O3S/c1-3-13(2)11-14-5-4-6-16(14)24-22-25-21(23)20(29-22)19(26)15-7-8-17-18(12-15)28-10-9-27-17/h7-8,12-14,16H,3-6,9-11,23H2,1-2H3,(H,24,25). The lowest BCUT2D eigenvalue weighted by atomic mass is 9.90. The number of ketones is 1. The number of rotatable bonds is 7. The molecule has 0 spiro atoms. The number of ether oxygens (including phenoxy) is 2. The maximum atomic E-state index is 13.0. The van der Waals surface area contributed by atoms with Gasteiger partial charge < -0.3 is 20.5 Å². The van der Waals surface area contributed by atoms with Gasteiger partial charge in [0, 0.05) is 11.6 Å². The number of carbonyl (C=O) groups excluding carboxylic acids is 1. The average Bonchev–Trinajstić information content (AvgIpc) is 3.33. The minimum atomic E-state index is -0.132. The first-order valence-electron chi connectivity index (χ1n) is 10.5. The molecule has 29 heavy (non-hydrogen) atoms. The predicted molar refractivity (Wildman–Crippen MR) is 116 cm³/mol. The van der Waals surface area contributed by atoms with Crippen LogP contribution in [0.5, 0.6) is 11.5 Å². The molecule has 2 aromatic rings. The maximum absolute atomic E-state index is 13.0. The van der Waals surface area contributed by atoms with Crippen molar-refractivity contribution in [2.24, 2.45) is 11.8 Å². The van der Waals surface area contributed by atoms with Gasteiger partial charge in [-0.15, -0.1) is 0 Å². The van der Waals surface area contributed by atoms with E-state index in [1.54, 1.807) is 18.2 Å². The summed E-state index contributed by atoms with van der Waals surface area (Å²) in [6.07, 6.45) is 6.08. The smallest absolute Gasteiger partial charge is 0.206 e. The van der Waals surface area contributed by atoms with Crippen molar-refractivity contribution in [2.45, 2.75) is 52.0 Å². The highest BCUT2D eigenvalue weighted by molar-refractivity contribution is 7.18. The summed E-state index contributed by atoms with van der Waals surface area (Å²) in [6.45, 7) is 5.58. The molecule has 0 radical (unpaired) electrons. The molecule has 3 unspecified atom stereocenters. The molecule has 7 heteroatoms. The summed E-state index contributed by atoms with van der Waals surface area (Å²) in [5, 5.41) is 4.31. The molecule has 3 atom stereocenters. The molecule has 1 aliphatic carbocycles. The minimum Gasteiger partial charge on any atom is -0.486 e. The maximum Gasteiger partial charge on any atom is 0.206 e. The quantitative estimate of drug-likeness (QED) is 0.635. The number of nitrogens with two attached hydrogens (primary N) is 1. The molecule has 1 fully saturated rings. The summed E-state index contributed by atoms with van der Waals surface area (Å²) >= 11 is 1.34. The van der Waals surface area contributed by atoms with E-state index < -0.39 is 0 Å². The van der Waals surface area contributed by atoms with Crippen molar-refractivity contribution in [3.63, 3.8) is 0 Å². The lowest BCUT2D eigenvalue weighted by molar-refractivity contribution is 0.104. The Labute approximate surface area is 175 Å². The van der Waals surface area contributed by atoms with Crippen molar-refractivity contribution in [2.75, 3.05) is 24.3 Å². The molecule has 6 nitrogen and oxygen atoms in total. The largest absolute Gasteiger partial charge is 0.486 e. The fraction of sp³-hybridized carbons (Fsp3) is 0.545. The van der Waals surface area contributed by atoms with Crippen LogP contribution in [0.4, 0.5) is 10.9 Å². The minimum absolute atomic E-state index is 0.132. The van der Waals surface area contributed by atoms with E-state index in [0.717, 1.165) is 17.5 Å². The van der Waals surface area contributed by atoms with Gasteiger partial charge in [0.2, 0.25) is 5.78 Å². The van der Waals surface area contributed by atoms with Gasteiger partial charge in [-0.05, 0) is 49.3 Å². The Hall–Kier alpha value is -2.28. The molecule has 4 rings (SSSR count). The second-order valence-electron chi connectivity index (χ2n) is 8.11. The molecule has 0 bridgehead atoms. The van der Waals surface area contributed by atoms with E-state index in [-0.39, 0.29) is 11.6 Å². The monoisotopic (exact) mass is 415 g/mol. The number of benzene rings is 1. The number of nitrogens with zero attached hydrogens (tertiary/aromatic N) is 1. The SMILES string of the molecule is CCC(C)CC1CCCC1Nc1nc(N)c(C(=O)c2ccc3c(c2)OCCO3)s1. The van der Waals surface area contributed by atoms with Gasteiger partial charge in [-0.1, -0.05) is 38.0 Å². The highest BCUT2D eigenvalue weighted by Gasteiger charge is 2.29. The zero-order valence-corrected chi connectivity index (χ0v) is 17.9. The number of anilines is 2. The van der Waals surface area contributed by atoms with Crippen LogP contribution in [-0.2, 0) is 0 Å². The highest BCUT2D eigenvalue weighted by Crippen LogP contribution is 2.37. The first-order valence-corrected chi connectivity index (χ1v) is 11.3. The fourth-order valence-corrected chi connectivity index (χ4v) is 5.13. The van der Waals surface area contributed by atoms with Crippen LogP contribution in [0.3, 0.4) is 0 Å². The third-order valence-corrected chi connectivity index (χ3v) is 7.04. The molecule has 2 heterocycles. The molecule has 1 aliphatic heterocycles. The van der Waals surface area contributed by atoms with Gasteiger partial charge in [0.05, 0.1) is 0 Å². The summed E-state index contributed by atoms with van der Waals surface area (Å²) < 4.78 is 11.1. The van der Waals surface area contributed by atoms with Gasteiger partial charge in [-0.2, -0.15) is 0 Å². The van der Waals surface area contributed by atoms with Gasteiger partial charge in [0.15, 0.2) is 16.6 Å². The second-order valence-corrected chi connectivity index (χ2v) is 9.11. The Morgan fingerprint density at radius 2 is 2.10 bits per heavy atom. The van der Waals surface area contributed by atoms with Crippen LogP contribution in [0, 0.1) is 11.8 Å². The van der Waals surface area contributed by atoms with Crippen LogP contribution < -0.4 is 20.5 Å². The molecule has 0 saturated heterocycles. The number of hydrogen-bond donors (Lipinski definition) is 2.